The van der Waals surface area contributed by atoms with Crippen LogP contribution >= 0.6 is 0 Å². The molecule has 3 aromatic heterocycles. The second-order valence-electron chi connectivity index (χ2n) is 9.46. The minimum Gasteiger partial charge on any atom is -0.356 e. The third-order valence-corrected chi connectivity index (χ3v) is 6.37. The lowest BCUT2D eigenvalue weighted by molar-refractivity contribution is 0.400. The van der Waals surface area contributed by atoms with E-state index in [1.54, 1.807) is 0 Å². The predicted octanol–water partition coefficient (Wildman–Crippen LogP) is 3.86. The van der Waals surface area contributed by atoms with Crippen molar-refractivity contribution in [1.82, 2.24) is 29.8 Å². The first kappa shape index (κ1) is 18.5. The van der Waals surface area contributed by atoms with Gasteiger partial charge in [0.25, 0.3) is 0 Å². The molecule has 2 fully saturated rings. The second-order valence-corrected chi connectivity index (χ2v) is 9.46. The Morgan fingerprint density at radius 3 is 2.41 bits per heavy atom. The van der Waals surface area contributed by atoms with Gasteiger partial charge in [-0.05, 0) is 43.9 Å². The van der Waals surface area contributed by atoms with Crippen LogP contribution in [0.4, 0.5) is 5.82 Å². The maximum absolute atomic E-state index is 4.86. The van der Waals surface area contributed by atoms with Crippen LogP contribution in [0.2, 0.25) is 0 Å². The molecule has 152 valence electrons. The molecule has 7 heteroatoms. The first-order chi connectivity index (χ1) is 14.0. The van der Waals surface area contributed by atoms with Gasteiger partial charge in [0.15, 0.2) is 11.5 Å². The van der Waals surface area contributed by atoms with Gasteiger partial charge >= 0.3 is 0 Å². The second kappa shape index (κ2) is 7.04. The number of anilines is 1. The molecule has 1 saturated heterocycles. The molecule has 0 aromatic carbocycles. The van der Waals surface area contributed by atoms with Crippen LogP contribution in [-0.4, -0.2) is 42.9 Å². The van der Waals surface area contributed by atoms with Gasteiger partial charge in [0, 0.05) is 36.5 Å². The standard InChI is InChI=1S/C22H29N7/c1-22(2,3)17-7-8-19-25-26-21(29(19)27-17)16-10-13-28(14-11-16)18-9-12-23-20(24-18)15-5-4-6-15/h7-9,12,15-16H,4-6,10-11,13-14H2,1-3H3. The molecule has 0 N–H and O–H groups in total. The third kappa shape index (κ3) is 3.47. The average molecular weight is 392 g/mol. The summed E-state index contributed by atoms with van der Waals surface area (Å²) in [4.78, 5) is 11.8. The van der Waals surface area contributed by atoms with E-state index >= 15 is 0 Å². The molecule has 1 saturated carbocycles. The lowest BCUT2D eigenvalue weighted by Gasteiger charge is -2.32. The number of piperidine rings is 1. The van der Waals surface area contributed by atoms with E-state index in [0.717, 1.165) is 54.7 Å². The molecule has 4 heterocycles. The van der Waals surface area contributed by atoms with Gasteiger partial charge in [0.1, 0.15) is 11.6 Å². The molecule has 5 rings (SSSR count). The van der Waals surface area contributed by atoms with Crippen molar-refractivity contribution in [3.63, 3.8) is 0 Å². The minimum absolute atomic E-state index is 0.00422. The Balaban J connectivity index is 1.33. The normalized spacial score (nSPS) is 18.9. The van der Waals surface area contributed by atoms with E-state index < -0.39 is 0 Å². The molecular weight excluding hydrogens is 362 g/mol. The zero-order valence-electron chi connectivity index (χ0n) is 17.5. The van der Waals surface area contributed by atoms with Gasteiger partial charge in [-0.2, -0.15) is 9.61 Å². The monoisotopic (exact) mass is 391 g/mol. The summed E-state index contributed by atoms with van der Waals surface area (Å²) in [5.74, 6) is 4.02. The van der Waals surface area contributed by atoms with Gasteiger partial charge in [-0.15, -0.1) is 10.2 Å². The number of nitrogens with zero attached hydrogens (tertiary/aromatic N) is 7. The molecule has 1 aliphatic carbocycles. The van der Waals surface area contributed by atoms with Crippen molar-refractivity contribution >= 4 is 11.5 Å². The zero-order valence-corrected chi connectivity index (χ0v) is 17.5. The minimum atomic E-state index is 0.00422. The number of rotatable bonds is 3. The molecule has 1 aliphatic heterocycles. The van der Waals surface area contributed by atoms with Crippen molar-refractivity contribution < 1.29 is 0 Å². The topological polar surface area (TPSA) is 72.1 Å². The fraction of sp³-hybridized carbons (Fsp3) is 0.591. The molecule has 7 nitrogen and oxygen atoms in total. The Morgan fingerprint density at radius 1 is 0.931 bits per heavy atom. The van der Waals surface area contributed by atoms with Crippen molar-refractivity contribution in [1.29, 1.82) is 0 Å². The van der Waals surface area contributed by atoms with Crippen LogP contribution in [-0.2, 0) is 5.41 Å². The molecule has 29 heavy (non-hydrogen) atoms. The quantitative estimate of drug-likeness (QED) is 0.675. The molecule has 0 radical (unpaired) electrons. The van der Waals surface area contributed by atoms with Gasteiger partial charge in [-0.3, -0.25) is 0 Å². The summed E-state index contributed by atoms with van der Waals surface area (Å²) in [6, 6.07) is 6.14. The van der Waals surface area contributed by atoms with Crippen molar-refractivity contribution in [2.24, 2.45) is 0 Å². The van der Waals surface area contributed by atoms with E-state index in [4.69, 9.17) is 10.1 Å². The summed E-state index contributed by atoms with van der Waals surface area (Å²) >= 11 is 0. The molecule has 2 aliphatic rings. The van der Waals surface area contributed by atoms with Crippen LogP contribution in [0, 0.1) is 0 Å². The average Bonchev–Trinajstić information content (AvgIpc) is 3.10. The number of hydrogen-bond acceptors (Lipinski definition) is 6. The molecule has 0 bridgehead atoms. The summed E-state index contributed by atoms with van der Waals surface area (Å²) in [6.07, 6.45) is 7.76. The van der Waals surface area contributed by atoms with Crippen molar-refractivity contribution in [2.45, 2.75) is 70.1 Å². The number of hydrogen-bond donors (Lipinski definition) is 0. The summed E-state index contributed by atoms with van der Waals surface area (Å²) < 4.78 is 1.96. The predicted molar refractivity (Wildman–Crippen MR) is 112 cm³/mol. The molecular formula is C22H29N7. The van der Waals surface area contributed by atoms with Gasteiger partial charge < -0.3 is 4.90 Å². The highest BCUT2D eigenvalue weighted by Crippen LogP contribution is 2.35. The zero-order chi connectivity index (χ0) is 20.0. The van der Waals surface area contributed by atoms with Crippen LogP contribution in [0.5, 0.6) is 0 Å². The summed E-state index contributed by atoms with van der Waals surface area (Å²) in [5, 5.41) is 13.7. The maximum atomic E-state index is 4.86. The molecule has 0 spiro atoms. The van der Waals surface area contributed by atoms with Gasteiger partial charge in [-0.1, -0.05) is 27.2 Å². The van der Waals surface area contributed by atoms with Crippen LogP contribution in [0.1, 0.15) is 82.1 Å². The molecule has 0 amide bonds. The highest BCUT2D eigenvalue weighted by Gasteiger charge is 2.28. The van der Waals surface area contributed by atoms with E-state index in [1.165, 1.54) is 19.3 Å². The van der Waals surface area contributed by atoms with Crippen LogP contribution in [0.15, 0.2) is 24.4 Å². The SMILES string of the molecule is CC(C)(C)c1ccc2nnc(C3CCN(c4ccnc(C5CCC5)n4)CC3)n2n1. The Morgan fingerprint density at radius 2 is 1.72 bits per heavy atom. The van der Waals surface area contributed by atoms with Crippen molar-refractivity contribution in [3.05, 3.63) is 41.7 Å². The van der Waals surface area contributed by atoms with Crippen molar-refractivity contribution in [3.8, 4) is 0 Å². The lowest BCUT2D eigenvalue weighted by Crippen LogP contribution is -2.34. The molecule has 0 unspecified atom stereocenters. The van der Waals surface area contributed by atoms with E-state index in [9.17, 15) is 0 Å². The highest BCUT2D eigenvalue weighted by atomic mass is 15.4. The summed E-state index contributed by atoms with van der Waals surface area (Å²) in [5.41, 5.74) is 1.90. The van der Waals surface area contributed by atoms with E-state index in [2.05, 4.69) is 46.9 Å². The number of aromatic nitrogens is 6. The summed E-state index contributed by atoms with van der Waals surface area (Å²) in [6.45, 7) is 8.50. The largest absolute Gasteiger partial charge is 0.356 e. The first-order valence-corrected chi connectivity index (χ1v) is 10.8. The van der Waals surface area contributed by atoms with Crippen molar-refractivity contribution in [2.75, 3.05) is 18.0 Å². The third-order valence-electron chi connectivity index (χ3n) is 6.37. The maximum Gasteiger partial charge on any atom is 0.177 e. The summed E-state index contributed by atoms with van der Waals surface area (Å²) in [7, 11) is 0. The Labute approximate surface area is 171 Å². The van der Waals surface area contributed by atoms with Crippen LogP contribution in [0.3, 0.4) is 0 Å². The van der Waals surface area contributed by atoms with E-state index in [-0.39, 0.29) is 5.41 Å². The fourth-order valence-corrected chi connectivity index (χ4v) is 4.23. The smallest absolute Gasteiger partial charge is 0.177 e. The Kier molecular flexibility index (Phi) is 4.48. The number of fused-ring (bicyclic) bond motifs is 1. The van der Waals surface area contributed by atoms with Crippen LogP contribution in [0.25, 0.3) is 5.65 Å². The molecule has 0 atom stereocenters. The molecule has 3 aromatic rings. The Hall–Kier alpha value is -2.57. The fourth-order valence-electron chi connectivity index (χ4n) is 4.23. The van der Waals surface area contributed by atoms with Gasteiger partial charge in [0.05, 0.1) is 5.69 Å². The van der Waals surface area contributed by atoms with E-state index in [1.807, 2.05) is 22.8 Å². The lowest BCUT2D eigenvalue weighted by atomic mass is 9.85. The highest BCUT2D eigenvalue weighted by molar-refractivity contribution is 5.40. The van der Waals surface area contributed by atoms with E-state index in [0.29, 0.717) is 11.8 Å². The van der Waals surface area contributed by atoms with Gasteiger partial charge in [-0.25, -0.2) is 9.97 Å². The first-order valence-electron chi connectivity index (χ1n) is 10.8. The van der Waals surface area contributed by atoms with Crippen LogP contribution < -0.4 is 4.90 Å². The Bertz CT molecular complexity index is 1010. The van der Waals surface area contributed by atoms with Gasteiger partial charge in [0.2, 0.25) is 0 Å².